The number of methoxy groups -OCH3 is 1. The maximum absolute atomic E-state index is 12.2. The molecule has 8 heteroatoms. The van der Waals surface area contributed by atoms with Crippen molar-refractivity contribution in [2.75, 3.05) is 12.4 Å². The van der Waals surface area contributed by atoms with Crippen molar-refractivity contribution in [1.82, 2.24) is 20.3 Å². The van der Waals surface area contributed by atoms with Gasteiger partial charge in [0.1, 0.15) is 23.6 Å². The normalized spacial score (nSPS) is 10.2. The van der Waals surface area contributed by atoms with E-state index in [9.17, 15) is 4.79 Å². The molecule has 2 N–H and O–H groups in total. The molecule has 0 aliphatic rings. The van der Waals surface area contributed by atoms with Crippen LogP contribution in [0.5, 0.6) is 5.75 Å². The average Bonchev–Trinajstić information content (AvgIpc) is 3.09. The number of carbonyl (C=O) groups excluding carboxylic acids is 1. The number of benzene rings is 1. The second-order valence-electron chi connectivity index (χ2n) is 4.79. The van der Waals surface area contributed by atoms with Crippen LogP contribution in [0.15, 0.2) is 48.2 Å². The van der Waals surface area contributed by atoms with Gasteiger partial charge in [0.15, 0.2) is 5.13 Å². The summed E-state index contributed by atoms with van der Waals surface area (Å²) < 4.78 is 5.10. The van der Waals surface area contributed by atoms with Crippen molar-refractivity contribution in [3.63, 3.8) is 0 Å². The monoisotopic (exact) mass is 341 g/mol. The lowest BCUT2D eigenvalue weighted by molar-refractivity contribution is 0.0946. The van der Waals surface area contributed by atoms with E-state index in [0.29, 0.717) is 23.2 Å². The Balaban J connectivity index is 1.57. The van der Waals surface area contributed by atoms with E-state index in [4.69, 9.17) is 4.74 Å². The molecule has 0 bridgehead atoms. The fourth-order valence-corrected chi connectivity index (χ4v) is 2.62. The lowest BCUT2D eigenvalue weighted by Crippen LogP contribution is -2.23. The summed E-state index contributed by atoms with van der Waals surface area (Å²) in [5, 5.41) is 8.17. The molecule has 1 amide bonds. The minimum atomic E-state index is -0.224. The highest BCUT2D eigenvalue weighted by Gasteiger charge is 2.11. The maximum atomic E-state index is 12.2. The molecule has 3 rings (SSSR count). The first-order valence-electron chi connectivity index (χ1n) is 7.14. The summed E-state index contributed by atoms with van der Waals surface area (Å²) in [5.74, 6) is 1.19. The Morgan fingerprint density at radius 1 is 1.25 bits per heavy atom. The second kappa shape index (κ2) is 7.51. The highest BCUT2D eigenvalue weighted by Crippen LogP contribution is 2.19. The topological polar surface area (TPSA) is 89.0 Å². The fraction of sp³-hybridized carbons (Fsp3) is 0.125. The zero-order valence-electron chi connectivity index (χ0n) is 12.9. The highest BCUT2D eigenvalue weighted by atomic mass is 32.1. The summed E-state index contributed by atoms with van der Waals surface area (Å²) in [5.41, 5.74) is 1.35. The van der Waals surface area contributed by atoms with Crippen LogP contribution in [-0.4, -0.2) is 28.0 Å². The molecular weight excluding hydrogens is 326 g/mol. The number of anilines is 2. The molecule has 1 aromatic carbocycles. The van der Waals surface area contributed by atoms with Gasteiger partial charge >= 0.3 is 0 Å². The molecule has 0 aliphatic heterocycles. The average molecular weight is 341 g/mol. The molecule has 24 heavy (non-hydrogen) atoms. The second-order valence-corrected chi connectivity index (χ2v) is 5.65. The lowest BCUT2D eigenvalue weighted by Gasteiger charge is -2.05. The number of amides is 1. The molecule has 7 nitrogen and oxygen atoms in total. The minimum Gasteiger partial charge on any atom is -0.497 e. The van der Waals surface area contributed by atoms with E-state index >= 15 is 0 Å². The summed E-state index contributed by atoms with van der Waals surface area (Å²) in [7, 11) is 1.62. The SMILES string of the molecule is COc1ccc(CNC(=O)c2csc(Nc3ccncn3)n2)cc1. The standard InChI is InChI=1S/C16H15N5O2S/c1-23-12-4-2-11(3-5-12)8-18-15(22)13-9-24-16(20-13)21-14-6-7-17-10-19-14/h2-7,9-10H,8H2,1H3,(H,18,22)(H,17,19,20,21). The van der Waals surface area contributed by atoms with E-state index in [2.05, 4.69) is 25.6 Å². The molecule has 0 saturated heterocycles. The van der Waals surface area contributed by atoms with Crippen molar-refractivity contribution in [1.29, 1.82) is 0 Å². The Kier molecular flexibility index (Phi) is 4.97. The van der Waals surface area contributed by atoms with Crippen LogP contribution in [0.3, 0.4) is 0 Å². The summed E-state index contributed by atoms with van der Waals surface area (Å²) >= 11 is 1.34. The van der Waals surface area contributed by atoms with Crippen LogP contribution in [0.1, 0.15) is 16.1 Å². The molecule has 0 radical (unpaired) electrons. The van der Waals surface area contributed by atoms with Gasteiger partial charge in [-0.3, -0.25) is 4.79 Å². The Morgan fingerprint density at radius 3 is 2.79 bits per heavy atom. The number of nitrogens with one attached hydrogen (secondary N) is 2. The molecule has 0 atom stereocenters. The van der Waals surface area contributed by atoms with Crippen LogP contribution < -0.4 is 15.4 Å². The predicted octanol–water partition coefficient (Wildman–Crippen LogP) is 2.62. The van der Waals surface area contributed by atoms with Crippen molar-refractivity contribution >= 4 is 28.2 Å². The van der Waals surface area contributed by atoms with Crippen molar-refractivity contribution in [3.8, 4) is 5.75 Å². The van der Waals surface area contributed by atoms with Gasteiger partial charge in [-0.1, -0.05) is 12.1 Å². The third-order valence-electron chi connectivity index (χ3n) is 3.17. The van der Waals surface area contributed by atoms with Crippen LogP contribution in [0, 0.1) is 0 Å². The fourth-order valence-electron chi connectivity index (χ4n) is 1.93. The first-order chi connectivity index (χ1) is 11.7. The molecule has 122 valence electrons. The molecule has 2 heterocycles. The molecule has 0 fully saturated rings. The number of nitrogens with zero attached hydrogens (tertiary/aromatic N) is 3. The molecule has 3 aromatic rings. The third kappa shape index (κ3) is 4.05. The maximum Gasteiger partial charge on any atom is 0.271 e. The van der Waals surface area contributed by atoms with Crippen LogP contribution in [0.25, 0.3) is 0 Å². The zero-order chi connectivity index (χ0) is 16.8. The lowest BCUT2D eigenvalue weighted by atomic mass is 10.2. The third-order valence-corrected chi connectivity index (χ3v) is 3.92. The van der Waals surface area contributed by atoms with Gasteiger partial charge in [0.25, 0.3) is 5.91 Å². The first kappa shape index (κ1) is 15.9. The van der Waals surface area contributed by atoms with E-state index in [1.165, 1.54) is 17.7 Å². The van der Waals surface area contributed by atoms with Gasteiger partial charge < -0.3 is 15.4 Å². The summed E-state index contributed by atoms with van der Waals surface area (Å²) in [4.78, 5) is 24.3. The summed E-state index contributed by atoms with van der Waals surface area (Å²) in [6, 6.07) is 9.25. The number of ether oxygens (including phenoxy) is 1. The van der Waals surface area contributed by atoms with E-state index in [1.807, 2.05) is 24.3 Å². The van der Waals surface area contributed by atoms with Gasteiger partial charge in [0, 0.05) is 18.1 Å². The molecule has 0 spiro atoms. The van der Waals surface area contributed by atoms with E-state index < -0.39 is 0 Å². The van der Waals surface area contributed by atoms with Gasteiger partial charge in [-0.05, 0) is 23.8 Å². The molecular formula is C16H15N5O2S. The summed E-state index contributed by atoms with van der Waals surface area (Å²) in [6.45, 7) is 0.426. The number of carbonyl (C=O) groups is 1. The minimum absolute atomic E-state index is 0.224. The Labute approximate surface area is 142 Å². The van der Waals surface area contributed by atoms with Crippen molar-refractivity contribution in [3.05, 3.63) is 59.5 Å². The van der Waals surface area contributed by atoms with E-state index in [-0.39, 0.29) is 5.91 Å². The molecule has 0 saturated carbocycles. The van der Waals surface area contributed by atoms with Gasteiger partial charge in [0.2, 0.25) is 0 Å². The number of thiazole rings is 1. The van der Waals surface area contributed by atoms with Gasteiger partial charge in [-0.2, -0.15) is 0 Å². The Bertz CT molecular complexity index is 805. The highest BCUT2D eigenvalue weighted by molar-refractivity contribution is 7.14. The van der Waals surface area contributed by atoms with Crippen molar-refractivity contribution < 1.29 is 9.53 Å². The molecule has 0 unspecified atom stereocenters. The number of rotatable bonds is 6. The van der Waals surface area contributed by atoms with Crippen molar-refractivity contribution in [2.45, 2.75) is 6.54 Å². The molecule has 0 aliphatic carbocycles. The first-order valence-corrected chi connectivity index (χ1v) is 8.02. The Morgan fingerprint density at radius 2 is 2.08 bits per heavy atom. The summed E-state index contributed by atoms with van der Waals surface area (Å²) in [6.07, 6.45) is 3.07. The zero-order valence-corrected chi connectivity index (χ0v) is 13.7. The van der Waals surface area contributed by atoms with Crippen LogP contribution >= 0.6 is 11.3 Å². The molecule has 2 aromatic heterocycles. The quantitative estimate of drug-likeness (QED) is 0.716. The predicted molar refractivity (Wildman–Crippen MR) is 91.6 cm³/mol. The van der Waals surface area contributed by atoms with Crippen molar-refractivity contribution in [2.24, 2.45) is 0 Å². The largest absolute Gasteiger partial charge is 0.497 e. The van der Waals surface area contributed by atoms with E-state index in [0.717, 1.165) is 11.3 Å². The Hall–Kier alpha value is -3.00. The smallest absolute Gasteiger partial charge is 0.271 e. The van der Waals surface area contributed by atoms with Crippen LogP contribution in [-0.2, 0) is 6.54 Å². The number of hydrogen-bond acceptors (Lipinski definition) is 7. The van der Waals surface area contributed by atoms with Crippen LogP contribution in [0.2, 0.25) is 0 Å². The van der Waals surface area contributed by atoms with Gasteiger partial charge in [0.05, 0.1) is 7.11 Å². The van der Waals surface area contributed by atoms with Gasteiger partial charge in [-0.15, -0.1) is 11.3 Å². The van der Waals surface area contributed by atoms with Crippen LogP contribution in [0.4, 0.5) is 10.9 Å². The van der Waals surface area contributed by atoms with Gasteiger partial charge in [-0.25, -0.2) is 15.0 Å². The van der Waals surface area contributed by atoms with E-state index in [1.54, 1.807) is 24.8 Å². The number of hydrogen-bond donors (Lipinski definition) is 2. The number of aromatic nitrogens is 3.